The van der Waals surface area contributed by atoms with Gasteiger partial charge in [-0.1, -0.05) is 45.0 Å². The number of benzene rings is 2. The SMILES string of the molecule is CC(C)(C)c1ccc(CN2CCC3(CC2)CC(=O)NC[C@@H]3c2cccc(F)c2)c(OCC(N)=O)c1. The fourth-order valence-corrected chi connectivity index (χ4v) is 5.49. The predicted octanol–water partition coefficient (Wildman–Crippen LogP) is 3.87. The van der Waals surface area contributed by atoms with Gasteiger partial charge in [-0.05, 0) is 66.1 Å². The van der Waals surface area contributed by atoms with Crippen LogP contribution in [0.5, 0.6) is 5.75 Å². The predicted molar refractivity (Wildman–Crippen MR) is 134 cm³/mol. The highest BCUT2D eigenvalue weighted by Crippen LogP contribution is 2.49. The molecule has 1 atom stereocenters. The summed E-state index contributed by atoms with van der Waals surface area (Å²) >= 11 is 0. The highest BCUT2D eigenvalue weighted by atomic mass is 19.1. The topological polar surface area (TPSA) is 84.7 Å². The molecule has 0 saturated carbocycles. The summed E-state index contributed by atoms with van der Waals surface area (Å²) in [7, 11) is 0. The quantitative estimate of drug-likeness (QED) is 0.656. The van der Waals surface area contributed by atoms with Crippen molar-refractivity contribution in [2.24, 2.45) is 11.1 Å². The standard InChI is InChI=1S/C28H36FN3O3/c1-27(2,3)21-8-7-20(24(14-21)35-18-25(30)33)17-32-11-9-28(10-12-32)15-26(34)31-16-23(28)19-5-4-6-22(29)13-19/h4-8,13-14,23H,9-12,15-18H2,1-3H3,(H2,30,33)(H,31,34)/t23-/m1/s1. The van der Waals surface area contributed by atoms with E-state index in [4.69, 9.17) is 10.5 Å². The second-order valence-electron chi connectivity index (χ2n) is 11.1. The minimum atomic E-state index is -0.504. The van der Waals surface area contributed by atoms with Crippen LogP contribution in [0.25, 0.3) is 0 Å². The van der Waals surface area contributed by atoms with E-state index < -0.39 is 5.91 Å². The molecule has 0 unspecified atom stereocenters. The third-order valence-electron chi connectivity index (χ3n) is 7.56. The van der Waals surface area contributed by atoms with Crippen LogP contribution in [0.15, 0.2) is 42.5 Å². The molecule has 2 saturated heterocycles. The molecule has 6 nitrogen and oxygen atoms in total. The van der Waals surface area contributed by atoms with Crippen LogP contribution >= 0.6 is 0 Å². The number of carbonyl (C=O) groups is 2. The zero-order valence-electron chi connectivity index (χ0n) is 20.9. The normalized spacial score (nSPS) is 20.5. The van der Waals surface area contributed by atoms with Gasteiger partial charge in [-0.15, -0.1) is 0 Å². The van der Waals surface area contributed by atoms with Gasteiger partial charge in [0.05, 0.1) is 0 Å². The number of nitrogens with one attached hydrogen (secondary N) is 1. The summed E-state index contributed by atoms with van der Waals surface area (Å²) in [6, 6.07) is 13.0. The molecule has 35 heavy (non-hydrogen) atoms. The summed E-state index contributed by atoms with van der Waals surface area (Å²) in [5.74, 6) is 0.112. The van der Waals surface area contributed by atoms with Crippen molar-refractivity contribution in [3.8, 4) is 5.75 Å². The third kappa shape index (κ3) is 5.84. The minimum Gasteiger partial charge on any atom is -0.483 e. The highest BCUT2D eigenvalue weighted by molar-refractivity contribution is 5.78. The maximum Gasteiger partial charge on any atom is 0.255 e. The van der Waals surface area contributed by atoms with Crippen LogP contribution in [0, 0.1) is 11.2 Å². The summed E-state index contributed by atoms with van der Waals surface area (Å²) < 4.78 is 19.8. The number of primary amides is 1. The number of piperidine rings is 2. The van der Waals surface area contributed by atoms with Crippen molar-refractivity contribution in [3.05, 3.63) is 65.0 Å². The number of nitrogens with zero attached hydrogens (tertiary/aromatic N) is 1. The van der Waals surface area contributed by atoms with Gasteiger partial charge in [-0.25, -0.2) is 4.39 Å². The maximum atomic E-state index is 14.0. The number of rotatable bonds is 6. The molecule has 2 aromatic carbocycles. The Kier molecular flexibility index (Phi) is 7.17. The number of nitrogens with two attached hydrogens (primary N) is 1. The Morgan fingerprint density at radius 1 is 1.20 bits per heavy atom. The molecule has 2 heterocycles. The van der Waals surface area contributed by atoms with Crippen LogP contribution in [0.1, 0.15) is 62.6 Å². The lowest BCUT2D eigenvalue weighted by Crippen LogP contribution is -2.51. The van der Waals surface area contributed by atoms with Crippen molar-refractivity contribution in [1.82, 2.24) is 10.2 Å². The Balaban J connectivity index is 1.51. The maximum absolute atomic E-state index is 14.0. The molecule has 2 fully saturated rings. The first kappa shape index (κ1) is 25.2. The second kappa shape index (κ2) is 9.97. The summed E-state index contributed by atoms with van der Waals surface area (Å²) in [6.45, 7) is 9.14. The van der Waals surface area contributed by atoms with Crippen molar-refractivity contribution in [3.63, 3.8) is 0 Å². The fourth-order valence-electron chi connectivity index (χ4n) is 5.49. The lowest BCUT2D eigenvalue weighted by Gasteiger charge is -2.49. The van der Waals surface area contributed by atoms with Crippen molar-refractivity contribution in [2.75, 3.05) is 26.2 Å². The number of ether oxygens (including phenoxy) is 1. The molecule has 0 aliphatic carbocycles. The van der Waals surface area contributed by atoms with Crippen molar-refractivity contribution < 1.29 is 18.7 Å². The molecule has 2 aromatic rings. The molecule has 1 spiro atoms. The van der Waals surface area contributed by atoms with Gasteiger partial charge in [0, 0.05) is 31.0 Å². The fraction of sp³-hybridized carbons (Fsp3) is 0.500. The van der Waals surface area contributed by atoms with Gasteiger partial charge in [-0.2, -0.15) is 0 Å². The molecular formula is C28H36FN3O3. The van der Waals surface area contributed by atoms with E-state index >= 15 is 0 Å². The monoisotopic (exact) mass is 481 g/mol. The molecule has 7 heteroatoms. The molecule has 4 rings (SSSR count). The zero-order chi connectivity index (χ0) is 25.2. The first-order valence-corrected chi connectivity index (χ1v) is 12.3. The van der Waals surface area contributed by atoms with E-state index in [2.05, 4.69) is 43.1 Å². The molecule has 0 bridgehead atoms. The van der Waals surface area contributed by atoms with Crippen LogP contribution in [0.3, 0.4) is 0 Å². The average Bonchev–Trinajstić information content (AvgIpc) is 2.79. The molecule has 2 aliphatic heterocycles. The van der Waals surface area contributed by atoms with Gasteiger partial charge < -0.3 is 15.8 Å². The van der Waals surface area contributed by atoms with E-state index in [1.807, 2.05) is 12.1 Å². The summed E-state index contributed by atoms with van der Waals surface area (Å²) in [4.78, 5) is 26.1. The number of amides is 2. The molecule has 0 aromatic heterocycles. The number of likely N-dealkylation sites (tertiary alicyclic amines) is 1. The molecule has 3 N–H and O–H groups in total. The van der Waals surface area contributed by atoms with E-state index in [0.29, 0.717) is 25.3 Å². The summed E-state index contributed by atoms with van der Waals surface area (Å²) in [5, 5.41) is 2.99. The van der Waals surface area contributed by atoms with Gasteiger partial charge in [-0.3, -0.25) is 14.5 Å². The van der Waals surface area contributed by atoms with E-state index in [9.17, 15) is 14.0 Å². The molecule has 188 valence electrons. The van der Waals surface area contributed by atoms with Crippen LogP contribution in [-0.4, -0.2) is 43.0 Å². The van der Waals surface area contributed by atoms with Crippen LogP contribution < -0.4 is 15.8 Å². The number of hydrogen-bond acceptors (Lipinski definition) is 4. The van der Waals surface area contributed by atoms with Crippen molar-refractivity contribution in [1.29, 1.82) is 0 Å². The van der Waals surface area contributed by atoms with Gasteiger partial charge in [0.15, 0.2) is 6.61 Å². The molecule has 0 radical (unpaired) electrons. The Hall–Kier alpha value is -2.93. The average molecular weight is 482 g/mol. The lowest BCUT2D eigenvalue weighted by molar-refractivity contribution is -0.128. The van der Waals surface area contributed by atoms with E-state index in [0.717, 1.165) is 42.6 Å². The zero-order valence-corrected chi connectivity index (χ0v) is 20.9. The largest absolute Gasteiger partial charge is 0.483 e. The molecule has 2 aliphatic rings. The lowest BCUT2D eigenvalue weighted by atomic mass is 9.62. The Morgan fingerprint density at radius 2 is 1.94 bits per heavy atom. The van der Waals surface area contributed by atoms with Gasteiger partial charge in [0.2, 0.25) is 5.91 Å². The Labute approximate surface area is 207 Å². The van der Waals surface area contributed by atoms with E-state index in [1.165, 1.54) is 6.07 Å². The smallest absolute Gasteiger partial charge is 0.255 e. The van der Waals surface area contributed by atoms with Crippen LogP contribution in [-0.2, 0) is 21.5 Å². The van der Waals surface area contributed by atoms with E-state index in [-0.39, 0.29) is 35.1 Å². The number of halogens is 1. The Morgan fingerprint density at radius 3 is 2.60 bits per heavy atom. The van der Waals surface area contributed by atoms with Crippen molar-refractivity contribution in [2.45, 2.75) is 57.9 Å². The highest BCUT2D eigenvalue weighted by Gasteiger charge is 2.46. The Bertz CT molecular complexity index is 1090. The van der Waals surface area contributed by atoms with Crippen molar-refractivity contribution >= 4 is 11.8 Å². The first-order chi connectivity index (χ1) is 16.6. The third-order valence-corrected chi connectivity index (χ3v) is 7.56. The molecular weight excluding hydrogens is 445 g/mol. The summed E-state index contributed by atoms with van der Waals surface area (Å²) in [5.41, 5.74) is 8.21. The van der Waals surface area contributed by atoms with Crippen LogP contribution in [0.4, 0.5) is 4.39 Å². The number of carbonyl (C=O) groups excluding carboxylic acids is 2. The number of hydrogen-bond donors (Lipinski definition) is 2. The second-order valence-corrected chi connectivity index (χ2v) is 11.1. The van der Waals surface area contributed by atoms with Gasteiger partial charge >= 0.3 is 0 Å². The first-order valence-electron chi connectivity index (χ1n) is 12.3. The summed E-state index contributed by atoms with van der Waals surface area (Å²) in [6.07, 6.45) is 2.19. The van der Waals surface area contributed by atoms with Gasteiger partial charge in [0.25, 0.3) is 5.91 Å². The van der Waals surface area contributed by atoms with Crippen LogP contribution in [0.2, 0.25) is 0 Å². The van der Waals surface area contributed by atoms with Gasteiger partial charge in [0.1, 0.15) is 11.6 Å². The minimum absolute atomic E-state index is 0.0473. The van der Waals surface area contributed by atoms with E-state index in [1.54, 1.807) is 12.1 Å². The molecule has 2 amide bonds.